The first kappa shape index (κ1) is 19.3. The number of rotatable bonds is 8. The quantitative estimate of drug-likeness (QED) is 0.389. The van der Waals surface area contributed by atoms with Gasteiger partial charge in [0.15, 0.2) is 0 Å². The van der Waals surface area contributed by atoms with Gasteiger partial charge in [0.1, 0.15) is 24.7 Å². The normalized spacial score (nSPS) is 10.4. The highest BCUT2D eigenvalue weighted by Gasteiger charge is 2.05. The molecule has 0 aliphatic heterocycles. The van der Waals surface area contributed by atoms with Crippen LogP contribution in [0.4, 0.5) is 0 Å². The Labute approximate surface area is 154 Å². The molecule has 0 heterocycles. The Morgan fingerprint density at radius 3 is 2.50 bits per heavy atom. The summed E-state index contributed by atoms with van der Waals surface area (Å²) in [6.07, 6.45) is 5.03. The van der Waals surface area contributed by atoms with E-state index in [1.807, 2.05) is 68.5 Å². The van der Waals surface area contributed by atoms with Crippen molar-refractivity contribution >= 4 is 12.0 Å². The van der Waals surface area contributed by atoms with E-state index in [-0.39, 0.29) is 0 Å². The molecule has 0 aliphatic rings. The maximum absolute atomic E-state index is 11.3. The second kappa shape index (κ2) is 10.1. The van der Waals surface area contributed by atoms with Crippen LogP contribution in [0.25, 0.3) is 6.08 Å². The van der Waals surface area contributed by atoms with Crippen molar-refractivity contribution in [1.29, 1.82) is 0 Å². The third kappa shape index (κ3) is 6.48. The number of allylic oxidation sites excluding steroid dienone is 1. The van der Waals surface area contributed by atoms with Crippen LogP contribution in [0.3, 0.4) is 0 Å². The van der Waals surface area contributed by atoms with Crippen LogP contribution >= 0.6 is 0 Å². The highest BCUT2D eigenvalue weighted by molar-refractivity contribution is 5.87. The van der Waals surface area contributed by atoms with Gasteiger partial charge in [0, 0.05) is 17.7 Å². The molecule has 4 nitrogen and oxygen atoms in total. The van der Waals surface area contributed by atoms with Gasteiger partial charge < -0.3 is 14.2 Å². The summed E-state index contributed by atoms with van der Waals surface area (Å²) in [6.45, 7) is 4.96. The van der Waals surface area contributed by atoms with Crippen LogP contribution in [-0.2, 0) is 16.1 Å². The molecule has 2 aromatic carbocycles. The summed E-state index contributed by atoms with van der Waals surface area (Å²) in [5.41, 5.74) is 3.05. The van der Waals surface area contributed by atoms with Crippen molar-refractivity contribution in [2.45, 2.75) is 20.5 Å². The molecule has 0 saturated carbocycles. The fourth-order valence-corrected chi connectivity index (χ4v) is 2.13. The van der Waals surface area contributed by atoms with Gasteiger partial charge in [-0.15, -0.1) is 0 Å². The Balaban J connectivity index is 2.15. The molecule has 136 valence electrons. The van der Waals surface area contributed by atoms with Crippen molar-refractivity contribution in [3.8, 4) is 11.5 Å². The van der Waals surface area contributed by atoms with E-state index in [0.717, 1.165) is 11.1 Å². The number of methoxy groups -OCH3 is 1. The van der Waals surface area contributed by atoms with Crippen LogP contribution in [0.1, 0.15) is 25.0 Å². The molecule has 2 rings (SSSR count). The predicted molar refractivity (Wildman–Crippen MR) is 103 cm³/mol. The van der Waals surface area contributed by atoms with E-state index in [1.54, 1.807) is 6.08 Å². The molecule has 0 unspecified atom stereocenters. The number of ether oxygens (including phenoxy) is 3. The number of hydrogen-bond donors (Lipinski definition) is 0. The highest BCUT2D eigenvalue weighted by Crippen LogP contribution is 2.27. The molecule has 26 heavy (non-hydrogen) atoms. The lowest BCUT2D eigenvalue weighted by Gasteiger charge is -2.12. The first-order valence-electron chi connectivity index (χ1n) is 8.41. The van der Waals surface area contributed by atoms with E-state index in [0.29, 0.717) is 24.7 Å². The zero-order valence-electron chi connectivity index (χ0n) is 15.4. The molecular weight excluding hydrogens is 328 g/mol. The van der Waals surface area contributed by atoms with E-state index in [9.17, 15) is 4.79 Å². The Morgan fingerprint density at radius 1 is 1.04 bits per heavy atom. The molecule has 0 radical (unpaired) electrons. The number of benzene rings is 2. The van der Waals surface area contributed by atoms with Gasteiger partial charge in [0.05, 0.1) is 7.11 Å². The molecule has 0 N–H and O–H groups in total. The van der Waals surface area contributed by atoms with Crippen LogP contribution in [0.15, 0.2) is 66.3 Å². The van der Waals surface area contributed by atoms with Gasteiger partial charge in [-0.05, 0) is 43.7 Å². The van der Waals surface area contributed by atoms with Gasteiger partial charge in [-0.2, -0.15) is 0 Å². The molecule has 2 aromatic rings. The van der Waals surface area contributed by atoms with Gasteiger partial charge in [-0.25, -0.2) is 4.79 Å². The Kier molecular flexibility index (Phi) is 7.49. The number of carbonyl (C=O) groups is 1. The van der Waals surface area contributed by atoms with E-state index in [2.05, 4.69) is 4.74 Å². The molecule has 0 saturated heterocycles. The van der Waals surface area contributed by atoms with Crippen molar-refractivity contribution in [1.82, 2.24) is 0 Å². The fraction of sp³-hybridized carbons (Fsp3) is 0.227. The molecule has 0 spiro atoms. The van der Waals surface area contributed by atoms with Gasteiger partial charge in [0.25, 0.3) is 0 Å². The molecule has 0 fully saturated rings. The molecule has 4 heteroatoms. The summed E-state index contributed by atoms with van der Waals surface area (Å²) in [4.78, 5) is 11.3. The lowest BCUT2D eigenvalue weighted by Crippen LogP contribution is -1.99. The van der Waals surface area contributed by atoms with Crippen LogP contribution in [0, 0.1) is 0 Å². The summed E-state index contributed by atoms with van der Waals surface area (Å²) in [6, 6.07) is 15.5. The zero-order chi connectivity index (χ0) is 18.8. The lowest BCUT2D eigenvalue weighted by molar-refractivity contribution is -0.134. The SMILES string of the molecule is COC(=O)C=Cc1ccc(OCc2ccccc2)cc1OCC=C(C)C. The third-order valence-electron chi connectivity index (χ3n) is 3.56. The minimum absolute atomic E-state index is 0.412. The van der Waals surface area contributed by atoms with Gasteiger partial charge in [-0.3, -0.25) is 0 Å². The summed E-state index contributed by atoms with van der Waals surface area (Å²) in [7, 11) is 1.35. The second-order valence-corrected chi connectivity index (χ2v) is 5.92. The molecule has 0 aromatic heterocycles. The van der Waals surface area contributed by atoms with Crippen molar-refractivity contribution in [3.05, 3.63) is 77.4 Å². The largest absolute Gasteiger partial charge is 0.489 e. The van der Waals surface area contributed by atoms with Gasteiger partial charge >= 0.3 is 5.97 Å². The van der Waals surface area contributed by atoms with Crippen molar-refractivity contribution < 1.29 is 19.0 Å². The van der Waals surface area contributed by atoms with Crippen molar-refractivity contribution in [3.63, 3.8) is 0 Å². The molecule has 0 bridgehead atoms. The molecule has 0 amide bonds. The fourth-order valence-electron chi connectivity index (χ4n) is 2.13. The third-order valence-corrected chi connectivity index (χ3v) is 3.56. The average Bonchev–Trinajstić information content (AvgIpc) is 2.65. The first-order chi connectivity index (χ1) is 12.6. The standard InChI is InChI=1S/C22H24O4/c1-17(2)13-14-25-21-15-20(26-16-18-7-5-4-6-8-18)11-9-19(21)10-12-22(23)24-3/h4-13,15H,14,16H2,1-3H3. The van der Waals surface area contributed by atoms with E-state index < -0.39 is 5.97 Å². The maximum atomic E-state index is 11.3. The van der Waals surface area contributed by atoms with Crippen LogP contribution in [-0.4, -0.2) is 19.7 Å². The topological polar surface area (TPSA) is 44.8 Å². The van der Waals surface area contributed by atoms with Gasteiger partial charge in [-0.1, -0.05) is 35.9 Å². The Bertz CT molecular complexity index is 772. The highest BCUT2D eigenvalue weighted by atomic mass is 16.5. The summed E-state index contributed by atoms with van der Waals surface area (Å²) in [5, 5.41) is 0. The lowest BCUT2D eigenvalue weighted by atomic mass is 10.1. The monoisotopic (exact) mass is 352 g/mol. The van der Waals surface area contributed by atoms with Gasteiger partial charge in [0.2, 0.25) is 0 Å². The Hall–Kier alpha value is -3.01. The summed E-state index contributed by atoms with van der Waals surface area (Å²) in [5.74, 6) is 0.939. The smallest absolute Gasteiger partial charge is 0.330 e. The minimum atomic E-state index is -0.412. The Morgan fingerprint density at radius 2 is 1.81 bits per heavy atom. The molecular formula is C22H24O4. The van der Waals surface area contributed by atoms with Crippen molar-refractivity contribution in [2.24, 2.45) is 0 Å². The zero-order valence-corrected chi connectivity index (χ0v) is 15.4. The summed E-state index contributed by atoms with van der Waals surface area (Å²) >= 11 is 0. The number of esters is 1. The molecule has 0 aliphatic carbocycles. The average molecular weight is 352 g/mol. The summed E-state index contributed by atoms with van der Waals surface area (Å²) < 4.78 is 16.3. The minimum Gasteiger partial charge on any atom is -0.489 e. The predicted octanol–water partition coefficient (Wildman–Crippen LogP) is 4.80. The van der Waals surface area contributed by atoms with Crippen molar-refractivity contribution in [2.75, 3.05) is 13.7 Å². The van der Waals surface area contributed by atoms with E-state index in [4.69, 9.17) is 9.47 Å². The second-order valence-electron chi connectivity index (χ2n) is 5.92. The molecule has 0 atom stereocenters. The van der Waals surface area contributed by atoms with Crippen LogP contribution in [0.5, 0.6) is 11.5 Å². The first-order valence-corrected chi connectivity index (χ1v) is 8.41. The maximum Gasteiger partial charge on any atom is 0.330 e. The number of hydrogen-bond acceptors (Lipinski definition) is 4. The number of carbonyl (C=O) groups excluding carboxylic acids is 1. The van der Waals surface area contributed by atoms with Crippen LogP contribution < -0.4 is 9.47 Å². The van der Waals surface area contributed by atoms with E-state index in [1.165, 1.54) is 18.8 Å². The van der Waals surface area contributed by atoms with E-state index >= 15 is 0 Å². The van der Waals surface area contributed by atoms with Crippen LogP contribution in [0.2, 0.25) is 0 Å².